The third-order valence-corrected chi connectivity index (χ3v) is 4.91. The van der Waals surface area contributed by atoms with E-state index in [4.69, 9.17) is 14.2 Å². The van der Waals surface area contributed by atoms with Gasteiger partial charge in [0.25, 0.3) is 5.91 Å². The Morgan fingerprint density at radius 1 is 1.21 bits per heavy atom. The minimum atomic E-state index is -0.536. The van der Waals surface area contributed by atoms with Crippen LogP contribution in [0.2, 0.25) is 0 Å². The standard InChI is InChI=1S/C21H19N3O4S/c1-4-28-15-6-7-16-19(11-15)29-21(23-16)24-20(25)14(12-22)9-13-5-8-17(26-2)18(10-13)27-3/h5-11H,4H2,1-3H3,(H,23,24,25). The number of hydrogen-bond donors (Lipinski definition) is 1. The highest BCUT2D eigenvalue weighted by atomic mass is 32.1. The Hall–Kier alpha value is -3.57. The zero-order chi connectivity index (χ0) is 20.8. The largest absolute Gasteiger partial charge is 0.494 e. The Morgan fingerprint density at radius 3 is 2.69 bits per heavy atom. The number of fused-ring (bicyclic) bond motifs is 1. The number of benzene rings is 2. The average molecular weight is 409 g/mol. The van der Waals surface area contributed by atoms with Gasteiger partial charge in [-0.3, -0.25) is 10.1 Å². The van der Waals surface area contributed by atoms with Gasteiger partial charge < -0.3 is 14.2 Å². The molecule has 0 aliphatic heterocycles. The fourth-order valence-electron chi connectivity index (χ4n) is 2.64. The number of carbonyl (C=O) groups excluding carboxylic acids is 1. The smallest absolute Gasteiger partial charge is 0.268 e. The molecule has 0 bridgehead atoms. The molecule has 0 unspecified atom stereocenters. The number of thiazole rings is 1. The molecule has 0 aliphatic carbocycles. The molecule has 0 spiro atoms. The lowest BCUT2D eigenvalue weighted by Crippen LogP contribution is -2.13. The molecule has 3 rings (SSSR count). The summed E-state index contributed by atoms with van der Waals surface area (Å²) in [4.78, 5) is 16.9. The molecule has 2 aromatic carbocycles. The van der Waals surface area contributed by atoms with Crippen LogP contribution in [0.4, 0.5) is 5.13 Å². The Balaban J connectivity index is 1.82. The molecule has 0 fully saturated rings. The Labute approximate surface area is 172 Å². The van der Waals surface area contributed by atoms with Crippen LogP contribution in [0.3, 0.4) is 0 Å². The first kappa shape index (κ1) is 20.2. The number of nitrogens with zero attached hydrogens (tertiary/aromatic N) is 2. The number of rotatable bonds is 7. The summed E-state index contributed by atoms with van der Waals surface area (Å²) in [7, 11) is 3.06. The highest BCUT2D eigenvalue weighted by Gasteiger charge is 2.14. The van der Waals surface area contributed by atoms with Gasteiger partial charge in [0, 0.05) is 0 Å². The molecule has 0 aliphatic rings. The van der Waals surface area contributed by atoms with Crippen molar-refractivity contribution in [3.8, 4) is 23.3 Å². The minimum Gasteiger partial charge on any atom is -0.494 e. The van der Waals surface area contributed by atoms with Crippen molar-refractivity contribution in [2.45, 2.75) is 6.92 Å². The van der Waals surface area contributed by atoms with Crippen molar-refractivity contribution < 1.29 is 19.0 Å². The zero-order valence-electron chi connectivity index (χ0n) is 16.2. The predicted molar refractivity (Wildman–Crippen MR) is 113 cm³/mol. The maximum Gasteiger partial charge on any atom is 0.268 e. The fraction of sp³-hybridized carbons (Fsp3) is 0.190. The Morgan fingerprint density at radius 2 is 2.00 bits per heavy atom. The third kappa shape index (κ3) is 4.65. The molecule has 1 N–H and O–H groups in total. The summed E-state index contributed by atoms with van der Waals surface area (Å²) in [6.07, 6.45) is 1.48. The summed E-state index contributed by atoms with van der Waals surface area (Å²) in [5.74, 6) is 1.28. The summed E-state index contributed by atoms with van der Waals surface area (Å²) in [5, 5.41) is 12.5. The van der Waals surface area contributed by atoms with Crippen LogP contribution in [-0.4, -0.2) is 31.7 Å². The summed E-state index contributed by atoms with van der Waals surface area (Å²) in [5.41, 5.74) is 1.34. The second-order valence-corrected chi connectivity index (χ2v) is 6.85. The maximum absolute atomic E-state index is 12.6. The second kappa shape index (κ2) is 9.08. The predicted octanol–water partition coefficient (Wildman–Crippen LogP) is 4.26. The number of amides is 1. The molecule has 0 atom stereocenters. The van der Waals surface area contributed by atoms with Crippen molar-refractivity contribution in [3.63, 3.8) is 0 Å². The van der Waals surface area contributed by atoms with Gasteiger partial charge in [-0.1, -0.05) is 17.4 Å². The Bertz CT molecular complexity index is 1110. The number of nitriles is 1. The average Bonchev–Trinajstić information content (AvgIpc) is 3.13. The van der Waals surface area contributed by atoms with Gasteiger partial charge in [0.15, 0.2) is 16.6 Å². The van der Waals surface area contributed by atoms with Crippen LogP contribution in [0, 0.1) is 11.3 Å². The molecule has 148 valence electrons. The normalized spacial score (nSPS) is 11.0. The van der Waals surface area contributed by atoms with Crippen molar-refractivity contribution in [2.75, 3.05) is 26.1 Å². The van der Waals surface area contributed by atoms with Crippen LogP contribution in [0.25, 0.3) is 16.3 Å². The Kier molecular flexibility index (Phi) is 6.32. The number of hydrogen-bond acceptors (Lipinski definition) is 7. The van der Waals surface area contributed by atoms with Crippen LogP contribution in [-0.2, 0) is 4.79 Å². The van der Waals surface area contributed by atoms with E-state index in [2.05, 4.69) is 10.3 Å². The van der Waals surface area contributed by atoms with Gasteiger partial charge in [-0.15, -0.1) is 0 Å². The highest BCUT2D eigenvalue weighted by molar-refractivity contribution is 7.22. The van der Waals surface area contributed by atoms with Crippen molar-refractivity contribution in [1.29, 1.82) is 5.26 Å². The molecule has 0 saturated carbocycles. The van der Waals surface area contributed by atoms with Crippen LogP contribution in [0.15, 0.2) is 42.0 Å². The van der Waals surface area contributed by atoms with E-state index in [-0.39, 0.29) is 5.57 Å². The van der Waals surface area contributed by atoms with E-state index in [9.17, 15) is 10.1 Å². The first-order chi connectivity index (χ1) is 14.1. The summed E-state index contributed by atoms with van der Waals surface area (Å²) >= 11 is 1.31. The van der Waals surface area contributed by atoms with Gasteiger partial charge in [-0.2, -0.15) is 5.26 Å². The molecule has 1 aromatic heterocycles. The highest BCUT2D eigenvalue weighted by Crippen LogP contribution is 2.30. The number of methoxy groups -OCH3 is 2. The van der Waals surface area contributed by atoms with Crippen LogP contribution < -0.4 is 19.5 Å². The minimum absolute atomic E-state index is 0.0496. The lowest BCUT2D eigenvalue weighted by molar-refractivity contribution is -0.112. The molecule has 0 saturated heterocycles. The molecule has 3 aromatic rings. The van der Waals surface area contributed by atoms with Crippen molar-refractivity contribution in [2.24, 2.45) is 0 Å². The third-order valence-electron chi connectivity index (χ3n) is 3.98. The molecule has 8 heteroatoms. The van der Waals surface area contributed by atoms with Gasteiger partial charge >= 0.3 is 0 Å². The van der Waals surface area contributed by atoms with Gasteiger partial charge in [0.1, 0.15) is 17.4 Å². The zero-order valence-corrected chi connectivity index (χ0v) is 17.0. The molecular weight excluding hydrogens is 390 g/mol. The number of carbonyl (C=O) groups is 1. The van der Waals surface area contributed by atoms with Gasteiger partial charge in [-0.05, 0) is 48.9 Å². The van der Waals surface area contributed by atoms with E-state index in [0.29, 0.717) is 28.8 Å². The van der Waals surface area contributed by atoms with E-state index in [1.807, 2.05) is 31.2 Å². The quantitative estimate of drug-likeness (QED) is 0.463. The van der Waals surface area contributed by atoms with Crippen molar-refractivity contribution in [3.05, 3.63) is 47.5 Å². The van der Waals surface area contributed by atoms with Crippen LogP contribution in [0.5, 0.6) is 17.2 Å². The molecular formula is C21H19N3O4S. The monoisotopic (exact) mass is 409 g/mol. The summed E-state index contributed by atoms with van der Waals surface area (Å²) in [6.45, 7) is 2.48. The van der Waals surface area contributed by atoms with Crippen molar-refractivity contribution in [1.82, 2.24) is 4.98 Å². The second-order valence-electron chi connectivity index (χ2n) is 5.82. The van der Waals surface area contributed by atoms with Gasteiger partial charge in [0.05, 0.1) is 31.0 Å². The summed E-state index contributed by atoms with van der Waals surface area (Å²) in [6, 6.07) is 12.6. The maximum atomic E-state index is 12.6. The number of ether oxygens (including phenoxy) is 3. The lowest BCUT2D eigenvalue weighted by Gasteiger charge is -2.08. The fourth-order valence-corrected chi connectivity index (χ4v) is 3.53. The molecule has 29 heavy (non-hydrogen) atoms. The van der Waals surface area contributed by atoms with E-state index in [1.165, 1.54) is 31.6 Å². The number of nitrogens with one attached hydrogen (secondary N) is 1. The number of aromatic nitrogens is 1. The van der Waals surface area contributed by atoms with Crippen LogP contribution >= 0.6 is 11.3 Å². The SMILES string of the molecule is CCOc1ccc2nc(NC(=O)C(C#N)=Cc3ccc(OC)c(OC)c3)sc2c1. The van der Waals surface area contributed by atoms with E-state index >= 15 is 0 Å². The molecule has 7 nitrogen and oxygen atoms in total. The molecule has 1 amide bonds. The van der Waals surface area contributed by atoms with Crippen LogP contribution in [0.1, 0.15) is 12.5 Å². The van der Waals surface area contributed by atoms with Crippen molar-refractivity contribution >= 4 is 38.7 Å². The first-order valence-corrected chi connectivity index (χ1v) is 9.58. The van der Waals surface area contributed by atoms with Gasteiger partial charge in [0.2, 0.25) is 0 Å². The lowest BCUT2D eigenvalue weighted by atomic mass is 10.1. The first-order valence-electron chi connectivity index (χ1n) is 8.76. The topological polar surface area (TPSA) is 93.5 Å². The van der Waals surface area contributed by atoms with E-state index in [0.717, 1.165) is 16.0 Å². The molecule has 0 radical (unpaired) electrons. The number of anilines is 1. The summed E-state index contributed by atoms with van der Waals surface area (Å²) < 4.78 is 16.8. The van der Waals surface area contributed by atoms with Gasteiger partial charge in [-0.25, -0.2) is 4.98 Å². The molecule has 1 heterocycles. The van der Waals surface area contributed by atoms with E-state index < -0.39 is 5.91 Å². The van der Waals surface area contributed by atoms with E-state index in [1.54, 1.807) is 18.2 Å².